The molecule has 2 N–H and O–H groups in total. The molecule has 0 saturated carbocycles. The lowest BCUT2D eigenvalue weighted by molar-refractivity contribution is -0.139. The Labute approximate surface area is 154 Å². The van der Waals surface area contributed by atoms with E-state index in [4.69, 9.17) is 4.74 Å². The first kappa shape index (κ1) is 20.4. The van der Waals surface area contributed by atoms with Crippen molar-refractivity contribution < 1.29 is 22.7 Å². The van der Waals surface area contributed by atoms with Gasteiger partial charge < -0.3 is 10.1 Å². The quantitative estimate of drug-likeness (QED) is 0.478. The second-order valence-corrected chi connectivity index (χ2v) is 8.08. The number of carbonyl (C=O) groups excluding carboxylic acids is 2. The van der Waals surface area contributed by atoms with Gasteiger partial charge in [-0.05, 0) is 30.7 Å². The van der Waals surface area contributed by atoms with E-state index in [1.54, 1.807) is 0 Å². The molecule has 0 bridgehead atoms. The maximum atomic E-state index is 12.3. The van der Waals surface area contributed by atoms with E-state index in [0.29, 0.717) is 18.5 Å². The van der Waals surface area contributed by atoms with E-state index in [9.17, 15) is 18.0 Å². The van der Waals surface area contributed by atoms with E-state index in [0.717, 1.165) is 25.7 Å². The molecule has 8 heteroatoms. The molecule has 1 aliphatic heterocycles. The van der Waals surface area contributed by atoms with Crippen molar-refractivity contribution in [3.63, 3.8) is 0 Å². The number of anilines is 1. The van der Waals surface area contributed by atoms with E-state index in [1.807, 2.05) is 0 Å². The Bertz CT molecular complexity index is 716. The SMILES string of the molecule is CCCCCCCC(=O)Nc1ccc(S(=O)(=O)N[C@H]2CCOC2=O)cc1. The molecule has 1 amide bonds. The van der Waals surface area contributed by atoms with Gasteiger partial charge in [-0.3, -0.25) is 9.59 Å². The molecule has 2 rings (SSSR count). The smallest absolute Gasteiger partial charge is 0.324 e. The fraction of sp³-hybridized carbons (Fsp3) is 0.556. The van der Waals surface area contributed by atoms with Gasteiger partial charge in [0.2, 0.25) is 15.9 Å². The second kappa shape index (κ2) is 9.68. The lowest BCUT2D eigenvalue weighted by atomic mass is 10.1. The van der Waals surface area contributed by atoms with Crippen LogP contribution in [0.3, 0.4) is 0 Å². The molecule has 1 fully saturated rings. The Morgan fingerprint density at radius 3 is 2.46 bits per heavy atom. The molecule has 1 aromatic rings. The summed E-state index contributed by atoms with van der Waals surface area (Å²) in [5.74, 6) is -0.639. The normalized spacial score (nSPS) is 17.1. The first-order valence-electron chi connectivity index (χ1n) is 9.01. The number of esters is 1. The molecule has 0 radical (unpaired) electrons. The largest absolute Gasteiger partial charge is 0.464 e. The van der Waals surface area contributed by atoms with Crippen LogP contribution in [0, 0.1) is 0 Å². The van der Waals surface area contributed by atoms with Gasteiger partial charge in [-0.1, -0.05) is 32.6 Å². The molecule has 1 heterocycles. The van der Waals surface area contributed by atoms with Gasteiger partial charge in [-0.25, -0.2) is 8.42 Å². The Morgan fingerprint density at radius 1 is 1.15 bits per heavy atom. The molecule has 0 spiro atoms. The third-order valence-corrected chi connectivity index (χ3v) is 5.68. The number of hydrogen-bond acceptors (Lipinski definition) is 5. The van der Waals surface area contributed by atoms with Crippen molar-refractivity contribution in [2.24, 2.45) is 0 Å². The van der Waals surface area contributed by atoms with Crippen LogP contribution in [0.15, 0.2) is 29.2 Å². The number of amides is 1. The maximum Gasteiger partial charge on any atom is 0.324 e. The van der Waals surface area contributed by atoms with Crippen LogP contribution in [0.2, 0.25) is 0 Å². The van der Waals surface area contributed by atoms with Crippen molar-refractivity contribution in [2.45, 2.75) is 62.8 Å². The summed E-state index contributed by atoms with van der Waals surface area (Å²) in [7, 11) is -3.81. The molecule has 26 heavy (non-hydrogen) atoms. The van der Waals surface area contributed by atoms with Crippen LogP contribution < -0.4 is 10.0 Å². The number of ether oxygens (including phenoxy) is 1. The van der Waals surface area contributed by atoms with Crippen LogP contribution in [-0.2, 0) is 24.3 Å². The Morgan fingerprint density at radius 2 is 1.85 bits per heavy atom. The van der Waals surface area contributed by atoms with Crippen molar-refractivity contribution >= 4 is 27.6 Å². The molecule has 0 unspecified atom stereocenters. The van der Waals surface area contributed by atoms with Gasteiger partial charge in [-0.15, -0.1) is 0 Å². The average Bonchev–Trinajstić information content (AvgIpc) is 2.99. The van der Waals surface area contributed by atoms with E-state index in [1.165, 1.54) is 30.7 Å². The van der Waals surface area contributed by atoms with Gasteiger partial charge in [0, 0.05) is 18.5 Å². The third-order valence-electron chi connectivity index (χ3n) is 4.19. The molecule has 1 aromatic carbocycles. The predicted molar refractivity (Wildman–Crippen MR) is 98.1 cm³/mol. The first-order chi connectivity index (χ1) is 12.4. The van der Waals surface area contributed by atoms with E-state index < -0.39 is 22.0 Å². The second-order valence-electron chi connectivity index (χ2n) is 6.37. The summed E-state index contributed by atoms with van der Waals surface area (Å²) >= 11 is 0. The standard InChI is InChI=1S/C18H26N2O5S/c1-2-3-4-5-6-7-17(21)19-14-8-10-15(11-9-14)26(23,24)20-16-12-13-25-18(16)22/h8-11,16,20H,2-7,12-13H2,1H3,(H,19,21)/t16-/m0/s1. The lowest BCUT2D eigenvalue weighted by Crippen LogP contribution is -2.37. The van der Waals surface area contributed by atoms with Crippen molar-refractivity contribution in [3.8, 4) is 0 Å². The summed E-state index contributed by atoms with van der Waals surface area (Å²) < 4.78 is 31.7. The van der Waals surface area contributed by atoms with Crippen LogP contribution in [0.1, 0.15) is 51.9 Å². The van der Waals surface area contributed by atoms with Gasteiger partial charge in [-0.2, -0.15) is 4.72 Å². The molecule has 144 valence electrons. The minimum atomic E-state index is -3.81. The zero-order chi connectivity index (χ0) is 19.0. The fourth-order valence-corrected chi connectivity index (χ4v) is 3.91. The van der Waals surface area contributed by atoms with Crippen molar-refractivity contribution in [1.82, 2.24) is 4.72 Å². The van der Waals surface area contributed by atoms with Crippen LogP contribution in [-0.4, -0.2) is 32.9 Å². The number of rotatable bonds is 10. The number of sulfonamides is 1. The van der Waals surface area contributed by atoms with Gasteiger partial charge in [0.25, 0.3) is 0 Å². The Hall–Kier alpha value is -1.93. The molecular weight excluding hydrogens is 356 g/mol. The molecule has 0 aliphatic carbocycles. The van der Waals surface area contributed by atoms with Gasteiger partial charge in [0.1, 0.15) is 6.04 Å². The fourth-order valence-electron chi connectivity index (χ4n) is 2.69. The number of benzene rings is 1. The monoisotopic (exact) mass is 382 g/mol. The molecule has 1 atom stereocenters. The predicted octanol–water partition coefficient (Wildman–Crippen LogP) is 2.58. The van der Waals surface area contributed by atoms with Crippen LogP contribution in [0.5, 0.6) is 0 Å². The third kappa shape index (κ3) is 6.10. The van der Waals surface area contributed by atoms with Crippen LogP contribution >= 0.6 is 0 Å². The zero-order valence-electron chi connectivity index (χ0n) is 15.0. The van der Waals surface area contributed by atoms with E-state index in [-0.39, 0.29) is 17.4 Å². The molecule has 7 nitrogen and oxygen atoms in total. The summed E-state index contributed by atoms with van der Waals surface area (Å²) in [6, 6.07) is 5.04. The van der Waals surface area contributed by atoms with Crippen LogP contribution in [0.25, 0.3) is 0 Å². The molecule has 1 aliphatic rings. The molecule has 0 aromatic heterocycles. The van der Waals surface area contributed by atoms with Gasteiger partial charge in [0.15, 0.2) is 0 Å². The minimum Gasteiger partial charge on any atom is -0.464 e. The summed E-state index contributed by atoms with van der Waals surface area (Å²) in [4.78, 5) is 23.3. The minimum absolute atomic E-state index is 0.0368. The topological polar surface area (TPSA) is 102 Å². The molecule has 1 saturated heterocycles. The summed E-state index contributed by atoms with van der Waals surface area (Å²) in [6.45, 7) is 2.36. The van der Waals surface area contributed by atoms with Crippen molar-refractivity contribution in [1.29, 1.82) is 0 Å². The molecular formula is C18H26N2O5S. The van der Waals surface area contributed by atoms with Crippen molar-refractivity contribution in [2.75, 3.05) is 11.9 Å². The lowest BCUT2D eigenvalue weighted by Gasteiger charge is -2.11. The highest BCUT2D eigenvalue weighted by Crippen LogP contribution is 2.17. The van der Waals surface area contributed by atoms with Gasteiger partial charge >= 0.3 is 5.97 Å². The first-order valence-corrected chi connectivity index (χ1v) is 10.5. The Kier molecular flexibility index (Phi) is 7.59. The average molecular weight is 382 g/mol. The summed E-state index contributed by atoms with van der Waals surface area (Å²) in [5, 5.41) is 2.76. The number of unbranched alkanes of at least 4 members (excludes halogenated alkanes) is 4. The Balaban J connectivity index is 1.85. The zero-order valence-corrected chi connectivity index (χ0v) is 15.8. The highest BCUT2D eigenvalue weighted by atomic mass is 32.2. The van der Waals surface area contributed by atoms with Gasteiger partial charge in [0.05, 0.1) is 11.5 Å². The van der Waals surface area contributed by atoms with E-state index >= 15 is 0 Å². The van der Waals surface area contributed by atoms with Crippen molar-refractivity contribution in [3.05, 3.63) is 24.3 Å². The van der Waals surface area contributed by atoms with E-state index in [2.05, 4.69) is 17.0 Å². The number of carbonyl (C=O) groups is 2. The summed E-state index contributed by atoms with van der Waals surface area (Å²) in [6.07, 6.45) is 6.15. The maximum absolute atomic E-state index is 12.3. The summed E-state index contributed by atoms with van der Waals surface area (Å²) in [5.41, 5.74) is 0.544. The number of cyclic esters (lactones) is 1. The highest BCUT2D eigenvalue weighted by molar-refractivity contribution is 7.89. The number of hydrogen-bond donors (Lipinski definition) is 2. The number of nitrogens with one attached hydrogen (secondary N) is 2. The highest BCUT2D eigenvalue weighted by Gasteiger charge is 2.31. The van der Waals surface area contributed by atoms with Crippen LogP contribution in [0.4, 0.5) is 5.69 Å².